The molecule has 164 valence electrons. The minimum Gasteiger partial charge on any atom is -0.492 e. The maximum atomic E-state index is 9.55. The summed E-state index contributed by atoms with van der Waals surface area (Å²) in [5, 5.41) is 9.55. The molecule has 0 radical (unpaired) electrons. The maximum Gasteiger partial charge on any atom is 0.130 e. The lowest BCUT2D eigenvalue weighted by atomic mass is 9.88. The predicted octanol–water partition coefficient (Wildman–Crippen LogP) is 6.10. The van der Waals surface area contributed by atoms with E-state index in [0.29, 0.717) is 6.61 Å². The molecule has 0 saturated carbocycles. The van der Waals surface area contributed by atoms with Crippen LogP contribution in [0.5, 0.6) is 5.75 Å². The number of rotatable bonds is 11. The van der Waals surface area contributed by atoms with Crippen LogP contribution in [0.1, 0.15) is 67.9 Å². The van der Waals surface area contributed by atoms with Gasteiger partial charge in [-0.3, -0.25) is 0 Å². The summed E-state index contributed by atoms with van der Waals surface area (Å²) in [5.41, 5.74) is 9.30. The topological polar surface area (TPSA) is 36.3 Å². The third-order valence-electron chi connectivity index (χ3n) is 6.16. The molecule has 3 nitrogen and oxygen atoms in total. The Morgan fingerprint density at radius 2 is 2.07 bits per heavy atom. The van der Waals surface area contributed by atoms with Crippen molar-refractivity contribution in [3.8, 4) is 11.8 Å². The van der Waals surface area contributed by atoms with Gasteiger partial charge in [0.15, 0.2) is 0 Å². The number of allylic oxidation sites excluding steroid dienone is 2. The molecular formula is C25H37N2OPS. The van der Waals surface area contributed by atoms with Crippen LogP contribution < -0.4 is 4.74 Å². The number of nitrogens with zero attached hydrogens (tertiary/aromatic N) is 2. The van der Waals surface area contributed by atoms with Crippen molar-refractivity contribution in [2.45, 2.75) is 72.3 Å². The Morgan fingerprint density at radius 3 is 2.63 bits per heavy atom. The first-order valence-corrected chi connectivity index (χ1v) is 12.4. The zero-order valence-electron chi connectivity index (χ0n) is 19.1. The second kappa shape index (κ2) is 11.9. The van der Waals surface area contributed by atoms with Gasteiger partial charge in [0.1, 0.15) is 11.8 Å². The van der Waals surface area contributed by atoms with E-state index >= 15 is 0 Å². The molecule has 0 spiro atoms. The first kappa shape index (κ1) is 25.0. The highest BCUT2D eigenvalue weighted by Gasteiger charge is 2.27. The Morgan fingerprint density at radius 1 is 1.33 bits per heavy atom. The first-order valence-electron chi connectivity index (χ1n) is 11.1. The third kappa shape index (κ3) is 5.50. The highest BCUT2D eigenvalue weighted by Crippen LogP contribution is 2.44. The Labute approximate surface area is 191 Å². The summed E-state index contributed by atoms with van der Waals surface area (Å²) in [5.74, 6) is 1.05. The summed E-state index contributed by atoms with van der Waals surface area (Å²) in [6.45, 7) is 14.5. The van der Waals surface area contributed by atoms with Gasteiger partial charge in [0.05, 0.1) is 12.7 Å². The summed E-state index contributed by atoms with van der Waals surface area (Å²) in [7, 11) is 2.75. The molecule has 1 aromatic rings. The van der Waals surface area contributed by atoms with Crippen LogP contribution in [0.25, 0.3) is 5.57 Å². The van der Waals surface area contributed by atoms with Crippen LogP contribution in [0.15, 0.2) is 18.2 Å². The van der Waals surface area contributed by atoms with E-state index in [1.807, 2.05) is 11.2 Å². The summed E-state index contributed by atoms with van der Waals surface area (Å²) in [6, 6.07) is 2.19. The number of fused-ring (bicyclic) bond motifs is 1. The van der Waals surface area contributed by atoms with E-state index in [4.69, 9.17) is 4.74 Å². The number of nitriles is 1. The molecule has 30 heavy (non-hydrogen) atoms. The summed E-state index contributed by atoms with van der Waals surface area (Å²) in [4.78, 5) is 0. The standard InChI is InChI=1S/C25H37N2OPS/c1-6-19(15-20(16-26)27(30)8-3)10-12-23-21(7-2)18(5)22-11-9-17(4)24(22)25(23)28-13-14-29/h10,20,30H,4,6-9,11-15,29H2,1-3,5H3/b19-10+. The van der Waals surface area contributed by atoms with Crippen molar-refractivity contribution in [2.24, 2.45) is 0 Å². The van der Waals surface area contributed by atoms with Gasteiger partial charge in [0.25, 0.3) is 0 Å². The minimum atomic E-state index is -0.204. The number of thiol groups is 1. The van der Waals surface area contributed by atoms with E-state index in [9.17, 15) is 5.26 Å². The number of ether oxygens (including phenoxy) is 1. The van der Waals surface area contributed by atoms with Gasteiger partial charge < -0.3 is 4.74 Å². The van der Waals surface area contributed by atoms with E-state index in [0.717, 1.165) is 57.0 Å². The fourth-order valence-electron chi connectivity index (χ4n) is 4.43. The van der Waals surface area contributed by atoms with Gasteiger partial charge in [-0.2, -0.15) is 5.26 Å². The van der Waals surface area contributed by atoms with Gasteiger partial charge in [-0.15, -0.1) is 9.24 Å². The Balaban J connectivity index is 2.47. The molecule has 0 saturated heterocycles. The molecule has 0 heterocycles. The average Bonchev–Trinajstić information content (AvgIpc) is 3.15. The maximum absolute atomic E-state index is 9.55. The third-order valence-corrected chi connectivity index (χ3v) is 6.96. The van der Waals surface area contributed by atoms with Crippen molar-refractivity contribution in [1.29, 1.82) is 5.26 Å². The van der Waals surface area contributed by atoms with Crippen molar-refractivity contribution in [3.63, 3.8) is 0 Å². The number of hydrogen-bond donors (Lipinski definition) is 1. The van der Waals surface area contributed by atoms with Crippen LogP contribution in [0.2, 0.25) is 0 Å². The Bertz CT molecular complexity index is 841. The molecule has 1 aromatic carbocycles. The van der Waals surface area contributed by atoms with Gasteiger partial charge >= 0.3 is 0 Å². The van der Waals surface area contributed by atoms with E-state index < -0.39 is 0 Å². The first-order chi connectivity index (χ1) is 14.4. The lowest BCUT2D eigenvalue weighted by Gasteiger charge is -2.23. The van der Waals surface area contributed by atoms with Gasteiger partial charge in [0.2, 0.25) is 0 Å². The van der Waals surface area contributed by atoms with E-state index in [2.05, 4.69) is 61.6 Å². The molecule has 5 heteroatoms. The molecule has 1 aliphatic rings. The van der Waals surface area contributed by atoms with Gasteiger partial charge in [-0.25, -0.2) is 4.31 Å². The van der Waals surface area contributed by atoms with Crippen molar-refractivity contribution < 1.29 is 4.74 Å². The molecule has 0 bridgehead atoms. The van der Waals surface area contributed by atoms with Crippen molar-refractivity contribution in [2.75, 3.05) is 19.3 Å². The molecule has 2 unspecified atom stereocenters. The second-order valence-electron chi connectivity index (χ2n) is 7.88. The van der Waals surface area contributed by atoms with Crippen molar-refractivity contribution in [3.05, 3.63) is 46.0 Å². The van der Waals surface area contributed by atoms with Gasteiger partial charge in [-0.05, 0) is 73.9 Å². The molecular weight excluding hydrogens is 407 g/mol. The van der Waals surface area contributed by atoms with Crippen LogP contribution in [-0.2, 0) is 19.3 Å². The molecule has 2 rings (SSSR count). The van der Waals surface area contributed by atoms with E-state index in [-0.39, 0.29) is 6.04 Å². The quantitative estimate of drug-likeness (QED) is 0.255. The zero-order valence-corrected chi connectivity index (χ0v) is 21.1. The lowest BCUT2D eigenvalue weighted by molar-refractivity contribution is 0.339. The van der Waals surface area contributed by atoms with Crippen LogP contribution in [0.3, 0.4) is 0 Å². The molecule has 1 aliphatic carbocycles. The van der Waals surface area contributed by atoms with Crippen LogP contribution >= 0.6 is 22.1 Å². The SMILES string of the molecule is C=C1CCc2c(C)c(CC)c(C/C=C(\CC)CC(C#N)N(S)CC)c(OCCP)c21. The zero-order chi connectivity index (χ0) is 22.3. The molecule has 0 aromatic heterocycles. The number of benzene rings is 1. The molecule has 0 aliphatic heterocycles. The smallest absolute Gasteiger partial charge is 0.130 e. The van der Waals surface area contributed by atoms with E-state index in [1.54, 1.807) is 0 Å². The van der Waals surface area contributed by atoms with Crippen LogP contribution in [0, 0.1) is 18.3 Å². The van der Waals surface area contributed by atoms with E-state index in [1.165, 1.54) is 39.0 Å². The molecule has 0 N–H and O–H groups in total. The fraction of sp³-hybridized carbons (Fsp3) is 0.560. The summed E-state index contributed by atoms with van der Waals surface area (Å²) < 4.78 is 8.15. The summed E-state index contributed by atoms with van der Waals surface area (Å²) >= 11 is 4.46. The predicted molar refractivity (Wildman–Crippen MR) is 135 cm³/mol. The highest BCUT2D eigenvalue weighted by molar-refractivity contribution is 7.77. The highest BCUT2D eigenvalue weighted by atomic mass is 32.1. The Hall–Kier alpha value is -1.27. The molecule has 0 amide bonds. The second-order valence-corrected chi connectivity index (χ2v) is 8.97. The van der Waals surface area contributed by atoms with Crippen LogP contribution in [-0.4, -0.2) is 29.7 Å². The average molecular weight is 445 g/mol. The summed E-state index contributed by atoms with van der Waals surface area (Å²) in [6.07, 6.45) is 8.80. The Kier molecular flexibility index (Phi) is 9.95. The lowest BCUT2D eigenvalue weighted by Crippen LogP contribution is -2.26. The largest absolute Gasteiger partial charge is 0.492 e. The van der Waals surface area contributed by atoms with Crippen molar-refractivity contribution in [1.82, 2.24) is 4.31 Å². The fourth-order valence-corrected chi connectivity index (χ4v) is 4.68. The van der Waals surface area contributed by atoms with Gasteiger partial charge in [-0.1, -0.05) is 51.8 Å². The van der Waals surface area contributed by atoms with Crippen LogP contribution in [0.4, 0.5) is 0 Å². The van der Waals surface area contributed by atoms with Crippen molar-refractivity contribution >= 4 is 27.6 Å². The molecule has 2 atom stereocenters. The normalized spacial score (nSPS) is 14.7. The molecule has 0 fully saturated rings. The number of hydrogen-bond acceptors (Lipinski definition) is 4. The van der Waals surface area contributed by atoms with Gasteiger partial charge in [0, 0.05) is 17.7 Å². The monoisotopic (exact) mass is 444 g/mol. The minimum absolute atomic E-state index is 0.204.